The molecule has 0 aliphatic rings. The predicted octanol–water partition coefficient (Wildman–Crippen LogP) is 5.40. The van der Waals surface area contributed by atoms with Gasteiger partial charge in [0, 0.05) is 11.6 Å². The molecule has 0 spiro atoms. The molecule has 192 valence electrons. The molecule has 0 aliphatic carbocycles. The van der Waals surface area contributed by atoms with Crippen LogP contribution in [-0.2, 0) is 17.5 Å². The lowest BCUT2D eigenvalue weighted by molar-refractivity contribution is -0.137. The van der Waals surface area contributed by atoms with Crippen molar-refractivity contribution in [3.8, 4) is 5.69 Å². The minimum atomic E-state index is -4.51. The lowest BCUT2D eigenvalue weighted by atomic mass is 10.1. The smallest absolute Gasteiger partial charge is 0.350 e. The number of halogens is 4. The number of nitrogens with one attached hydrogen (secondary N) is 1. The van der Waals surface area contributed by atoms with Gasteiger partial charge in [-0.1, -0.05) is 42.8 Å². The zero-order chi connectivity index (χ0) is 26.9. The molecule has 0 radical (unpaired) electrons. The summed E-state index contributed by atoms with van der Waals surface area (Å²) in [6.45, 7) is 3.34. The highest BCUT2D eigenvalue weighted by Gasteiger charge is 2.30. The lowest BCUT2D eigenvalue weighted by Crippen LogP contribution is -2.44. The number of aryl methyl sites for hydroxylation is 1. The van der Waals surface area contributed by atoms with E-state index in [0.717, 1.165) is 22.3 Å². The minimum Gasteiger partial charge on any atom is -0.350 e. The molecule has 0 bridgehead atoms. The molecule has 1 aromatic heterocycles. The van der Waals surface area contributed by atoms with Gasteiger partial charge in [0.1, 0.15) is 6.04 Å². The highest BCUT2D eigenvalue weighted by Crippen LogP contribution is 2.29. The second-order valence-corrected chi connectivity index (χ2v) is 9.07. The Morgan fingerprint density at radius 1 is 1.03 bits per heavy atom. The second kappa shape index (κ2) is 10.3. The largest absolute Gasteiger partial charge is 0.416 e. The molecule has 1 atom stereocenters. The van der Waals surface area contributed by atoms with E-state index >= 15 is 0 Å². The van der Waals surface area contributed by atoms with Crippen LogP contribution in [0.3, 0.4) is 0 Å². The van der Waals surface area contributed by atoms with E-state index in [9.17, 15) is 27.6 Å². The number of nitrogens with zero attached hydrogens (tertiary/aromatic N) is 2. The van der Waals surface area contributed by atoms with E-state index < -0.39 is 34.9 Å². The Hall–Kier alpha value is -3.85. The Bertz CT molecular complexity index is 1610. The van der Waals surface area contributed by atoms with Crippen LogP contribution < -0.4 is 16.6 Å². The van der Waals surface area contributed by atoms with Crippen LogP contribution in [0.4, 0.5) is 13.2 Å². The van der Waals surface area contributed by atoms with Crippen LogP contribution in [0.1, 0.15) is 36.1 Å². The maximum Gasteiger partial charge on any atom is 0.416 e. The topological polar surface area (TPSA) is 73.1 Å². The van der Waals surface area contributed by atoms with E-state index in [-0.39, 0.29) is 34.5 Å². The summed E-state index contributed by atoms with van der Waals surface area (Å²) in [4.78, 5) is 40.4. The highest BCUT2D eigenvalue weighted by atomic mass is 35.5. The number of fused-ring (bicyclic) bond motifs is 1. The van der Waals surface area contributed by atoms with E-state index in [0.29, 0.717) is 5.69 Å². The van der Waals surface area contributed by atoms with Crippen molar-refractivity contribution < 1.29 is 18.0 Å². The quantitative estimate of drug-likeness (QED) is 0.363. The Morgan fingerprint density at radius 2 is 1.76 bits per heavy atom. The molecular weight excluding hydrogens is 507 g/mol. The fourth-order valence-corrected chi connectivity index (χ4v) is 4.42. The SMILES string of the molecule is CCC(C(=O)NCc1cccc(C(F)(F)F)c1)n1c(=O)n(-c2cccc(C)c2)c(=O)c2ccc(Cl)cc21. The van der Waals surface area contributed by atoms with Crippen molar-refractivity contribution in [1.29, 1.82) is 0 Å². The summed E-state index contributed by atoms with van der Waals surface area (Å²) in [7, 11) is 0. The van der Waals surface area contributed by atoms with Gasteiger partial charge in [0.05, 0.1) is 22.2 Å². The third-order valence-corrected chi connectivity index (χ3v) is 6.27. The maximum atomic E-state index is 13.7. The number of hydrogen-bond donors (Lipinski definition) is 1. The van der Waals surface area contributed by atoms with Crippen LogP contribution in [0.2, 0.25) is 5.02 Å². The summed E-state index contributed by atoms with van der Waals surface area (Å²) in [6, 6.07) is 14.9. The molecule has 1 amide bonds. The third kappa shape index (κ3) is 5.32. The van der Waals surface area contributed by atoms with Gasteiger partial charge in [-0.05, 0) is 66.9 Å². The normalized spacial score (nSPS) is 12.5. The molecule has 1 N–H and O–H groups in total. The van der Waals surface area contributed by atoms with Gasteiger partial charge in [-0.2, -0.15) is 13.2 Å². The first-order chi connectivity index (χ1) is 17.5. The molecule has 0 aliphatic heterocycles. The monoisotopic (exact) mass is 529 g/mol. The first-order valence-corrected chi connectivity index (χ1v) is 11.9. The summed E-state index contributed by atoms with van der Waals surface area (Å²) >= 11 is 6.18. The first-order valence-electron chi connectivity index (χ1n) is 11.5. The fraction of sp³-hybridized carbons (Fsp3) is 0.222. The van der Waals surface area contributed by atoms with Crippen LogP contribution in [0.15, 0.2) is 76.3 Å². The van der Waals surface area contributed by atoms with Crippen molar-refractivity contribution in [3.63, 3.8) is 0 Å². The van der Waals surface area contributed by atoms with Crippen molar-refractivity contribution in [3.05, 3.63) is 109 Å². The molecule has 1 heterocycles. The fourth-order valence-electron chi connectivity index (χ4n) is 4.25. The van der Waals surface area contributed by atoms with E-state index in [1.165, 1.54) is 34.9 Å². The van der Waals surface area contributed by atoms with Crippen molar-refractivity contribution in [2.45, 2.75) is 39.0 Å². The zero-order valence-electron chi connectivity index (χ0n) is 20.0. The lowest BCUT2D eigenvalue weighted by Gasteiger charge is -2.22. The highest BCUT2D eigenvalue weighted by molar-refractivity contribution is 6.31. The standard InChI is InChI=1S/C27H23ClF3N3O3/c1-3-22(24(35)32-15-17-7-5-8-18(13-17)27(29,30)31)34-23-14-19(28)10-11-21(23)25(36)33(26(34)37)20-9-4-6-16(2)12-20/h4-14,22H,3,15H2,1-2H3,(H,32,35). The maximum absolute atomic E-state index is 13.7. The minimum absolute atomic E-state index is 0.169. The van der Waals surface area contributed by atoms with Crippen LogP contribution in [0, 0.1) is 6.92 Å². The molecule has 6 nitrogen and oxygen atoms in total. The van der Waals surface area contributed by atoms with Gasteiger partial charge in [0.15, 0.2) is 0 Å². The average molecular weight is 530 g/mol. The van der Waals surface area contributed by atoms with Crippen molar-refractivity contribution >= 4 is 28.4 Å². The van der Waals surface area contributed by atoms with E-state index in [4.69, 9.17) is 11.6 Å². The number of aromatic nitrogens is 2. The summed E-state index contributed by atoms with van der Waals surface area (Å²) in [6.07, 6.45) is -4.34. The van der Waals surface area contributed by atoms with Crippen molar-refractivity contribution in [2.24, 2.45) is 0 Å². The molecule has 0 saturated carbocycles. The summed E-state index contributed by atoms with van der Waals surface area (Å²) < 4.78 is 41.4. The number of benzene rings is 3. The Morgan fingerprint density at radius 3 is 2.43 bits per heavy atom. The average Bonchev–Trinajstić information content (AvgIpc) is 2.85. The molecule has 37 heavy (non-hydrogen) atoms. The number of rotatable bonds is 6. The third-order valence-electron chi connectivity index (χ3n) is 6.03. The van der Waals surface area contributed by atoms with Gasteiger partial charge in [-0.25, -0.2) is 9.36 Å². The van der Waals surface area contributed by atoms with Gasteiger partial charge < -0.3 is 5.32 Å². The second-order valence-electron chi connectivity index (χ2n) is 8.63. The molecule has 0 saturated heterocycles. The molecular formula is C27H23ClF3N3O3. The Labute approximate surface area is 214 Å². The Balaban J connectivity index is 1.80. The summed E-state index contributed by atoms with van der Waals surface area (Å²) in [5, 5.41) is 3.09. The van der Waals surface area contributed by atoms with Crippen LogP contribution >= 0.6 is 11.6 Å². The first kappa shape index (κ1) is 26.2. The van der Waals surface area contributed by atoms with Crippen molar-refractivity contribution in [2.75, 3.05) is 0 Å². The van der Waals surface area contributed by atoms with E-state index in [1.807, 2.05) is 13.0 Å². The van der Waals surface area contributed by atoms with Gasteiger partial charge in [0.25, 0.3) is 5.56 Å². The van der Waals surface area contributed by atoms with Crippen LogP contribution in [0.5, 0.6) is 0 Å². The number of hydrogen-bond acceptors (Lipinski definition) is 3. The molecule has 4 aromatic rings. The number of carbonyl (C=O) groups excluding carboxylic acids is 1. The molecule has 4 rings (SSSR count). The van der Waals surface area contributed by atoms with Gasteiger partial charge in [-0.15, -0.1) is 0 Å². The van der Waals surface area contributed by atoms with Gasteiger partial charge >= 0.3 is 11.9 Å². The van der Waals surface area contributed by atoms with Gasteiger partial charge in [-0.3, -0.25) is 14.2 Å². The van der Waals surface area contributed by atoms with Crippen LogP contribution in [-0.4, -0.2) is 15.0 Å². The van der Waals surface area contributed by atoms with E-state index in [2.05, 4.69) is 5.32 Å². The number of amides is 1. The Kier molecular flexibility index (Phi) is 7.27. The molecule has 0 fully saturated rings. The molecule has 3 aromatic carbocycles. The van der Waals surface area contributed by atoms with Crippen LogP contribution in [0.25, 0.3) is 16.6 Å². The van der Waals surface area contributed by atoms with Crippen molar-refractivity contribution in [1.82, 2.24) is 14.5 Å². The van der Waals surface area contributed by atoms with E-state index in [1.54, 1.807) is 25.1 Å². The summed E-state index contributed by atoms with van der Waals surface area (Å²) in [5.41, 5.74) is -0.495. The zero-order valence-corrected chi connectivity index (χ0v) is 20.7. The predicted molar refractivity (Wildman–Crippen MR) is 136 cm³/mol. The number of carbonyl (C=O) groups is 1. The molecule has 10 heteroatoms. The van der Waals surface area contributed by atoms with Gasteiger partial charge in [0.2, 0.25) is 5.91 Å². The molecule has 1 unspecified atom stereocenters. The number of alkyl halides is 3. The summed E-state index contributed by atoms with van der Waals surface area (Å²) in [5.74, 6) is -0.585.